The van der Waals surface area contributed by atoms with Gasteiger partial charge >= 0.3 is 5.97 Å². The summed E-state index contributed by atoms with van der Waals surface area (Å²) in [6.45, 7) is 4.31. The summed E-state index contributed by atoms with van der Waals surface area (Å²) in [6.07, 6.45) is 1.84. The molecule has 0 spiro atoms. The third-order valence-corrected chi connectivity index (χ3v) is 3.40. The molecule has 0 aliphatic rings. The largest absolute Gasteiger partial charge is 0.480 e. The molecule has 13 heavy (non-hydrogen) atoms. The summed E-state index contributed by atoms with van der Waals surface area (Å²) in [5.41, 5.74) is 0. The molecule has 78 valence electrons. The maximum atomic E-state index is 10.6. The van der Waals surface area contributed by atoms with Gasteiger partial charge in [0, 0.05) is 5.25 Å². The van der Waals surface area contributed by atoms with Gasteiger partial charge in [0.25, 0.3) is 0 Å². The third kappa shape index (κ3) is 5.93. The Bertz CT molecular complexity index is 153. The number of carboxylic acids is 1. The van der Waals surface area contributed by atoms with Gasteiger partial charge in [0.1, 0.15) is 6.04 Å². The summed E-state index contributed by atoms with van der Waals surface area (Å²) < 4.78 is 0. The van der Waals surface area contributed by atoms with Crippen LogP contribution in [0.3, 0.4) is 0 Å². The number of hydrogen-bond donors (Lipinski definition) is 2. The van der Waals surface area contributed by atoms with Crippen molar-refractivity contribution in [3.63, 3.8) is 0 Å². The summed E-state index contributed by atoms with van der Waals surface area (Å²) in [5, 5.41) is 12.1. The fourth-order valence-corrected chi connectivity index (χ4v) is 1.91. The predicted octanol–water partition coefficient (Wildman–Crippen LogP) is 1.58. The standard InChI is InChI=1S/C9H19NO2S/c1-4-7(2)13-6-5-8(10-3)9(11)12/h7-8,10H,4-6H2,1-3H3,(H,11,12). The number of nitrogens with one attached hydrogen (secondary N) is 1. The fourth-order valence-electron chi connectivity index (χ4n) is 0.896. The summed E-state index contributed by atoms with van der Waals surface area (Å²) in [6, 6.07) is -0.392. The van der Waals surface area contributed by atoms with Crippen LogP contribution in [0.5, 0.6) is 0 Å². The van der Waals surface area contributed by atoms with Gasteiger partial charge in [-0.2, -0.15) is 11.8 Å². The van der Waals surface area contributed by atoms with Crippen LogP contribution in [-0.4, -0.2) is 35.2 Å². The van der Waals surface area contributed by atoms with E-state index in [1.54, 1.807) is 7.05 Å². The molecule has 2 unspecified atom stereocenters. The van der Waals surface area contributed by atoms with Crippen LogP contribution in [0, 0.1) is 0 Å². The van der Waals surface area contributed by atoms with E-state index in [1.165, 1.54) is 0 Å². The van der Waals surface area contributed by atoms with Crippen molar-refractivity contribution in [2.75, 3.05) is 12.8 Å². The van der Waals surface area contributed by atoms with Crippen LogP contribution in [0.1, 0.15) is 26.7 Å². The quantitative estimate of drug-likeness (QED) is 0.662. The van der Waals surface area contributed by atoms with Crippen molar-refractivity contribution in [1.82, 2.24) is 5.32 Å². The number of thioether (sulfide) groups is 1. The Balaban J connectivity index is 3.55. The maximum Gasteiger partial charge on any atom is 0.320 e. The number of aliphatic carboxylic acids is 1. The predicted molar refractivity (Wildman–Crippen MR) is 57.3 cm³/mol. The zero-order valence-corrected chi connectivity index (χ0v) is 9.36. The van der Waals surface area contributed by atoms with E-state index in [0.29, 0.717) is 11.7 Å². The molecule has 0 heterocycles. The lowest BCUT2D eigenvalue weighted by atomic mass is 10.2. The molecule has 0 aliphatic carbocycles. The van der Waals surface area contributed by atoms with E-state index < -0.39 is 12.0 Å². The number of rotatable bonds is 7. The van der Waals surface area contributed by atoms with Gasteiger partial charge in [0.05, 0.1) is 0 Å². The zero-order chi connectivity index (χ0) is 10.3. The lowest BCUT2D eigenvalue weighted by molar-refractivity contribution is -0.139. The second-order valence-electron chi connectivity index (χ2n) is 3.06. The first-order valence-electron chi connectivity index (χ1n) is 4.63. The van der Waals surface area contributed by atoms with Crippen molar-refractivity contribution in [2.24, 2.45) is 0 Å². The van der Waals surface area contributed by atoms with Crippen molar-refractivity contribution in [1.29, 1.82) is 0 Å². The first kappa shape index (κ1) is 12.8. The average molecular weight is 205 g/mol. The number of hydrogen-bond acceptors (Lipinski definition) is 3. The van der Waals surface area contributed by atoms with Gasteiger partial charge in [0.2, 0.25) is 0 Å². The van der Waals surface area contributed by atoms with Crippen molar-refractivity contribution >= 4 is 17.7 Å². The van der Waals surface area contributed by atoms with Crippen molar-refractivity contribution in [2.45, 2.75) is 38.0 Å². The summed E-state index contributed by atoms with van der Waals surface area (Å²) in [5.74, 6) is 0.152. The van der Waals surface area contributed by atoms with E-state index in [1.807, 2.05) is 11.8 Å². The van der Waals surface area contributed by atoms with Crippen LogP contribution >= 0.6 is 11.8 Å². The smallest absolute Gasteiger partial charge is 0.320 e. The van der Waals surface area contributed by atoms with Crippen molar-refractivity contribution < 1.29 is 9.90 Å². The minimum atomic E-state index is -0.757. The maximum absolute atomic E-state index is 10.6. The van der Waals surface area contributed by atoms with E-state index in [4.69, 9.17) is 5.11 Å². The monoisotopic (exact) mass is 205 g/mol. The van der Waals surface area contributed by atoms with E-state index in [0.717, 1.165) is 12.2 Å². The number of carbonyl (C=O) groups is 1. The SMILES string of the molecule is CCC(C)SCCC(NC)C(=O)O. The Morgan fingerprint density at radius 2 is 2.23 bits per heavy atom. The van der Waals surface area contributed by atoms with Crippen LogP contribution in [-0.2, 0) is 4.79 Å². The van der Waals surface area contributed by atoms with E-state index in [2.05, 4.69) is 19.2 Å². The number of carboxylic acid groups (broad SMARTS) is 1. The fraction of sp³-hybridized carbons (Fsp3) is 0.889. The molecule has 4 heteroatoms. The molecule has 0 aromatic rings. The molecular weight excluding hydrogens is 186 g/mol. The highest BCUT2D eigenvalue weighted by Gasteiger charge is 2.14. The summed E-state index contributed by atoms with van der Waals surface area (Å²) in [4.78, 5) is 10.6. The van der Waals surface area contributed by atoms with Gasteiger partial charge in [0.15, 0.2) is 0 Å². The Kier molecular flexibility index (Phi) is 7.09. The Labute approximate surface area is 84.3 Å². The van der Waals surface area contributed by atoms with Gasteiger partial charge in [-0.1, -0.05) is 13.8 Å². The second-order valence-corrected chi connectivity index (χ2v) is 4.60. The van der Waals surface area contributed by atoms with Crippen LogP contribution in [0.4, 0.5) is 0 Å². The Morgan fingerprint density at radius 1 is 1.62 bits per heavy atom. The molecule has 0 radical (unpaired) electrons. The van der Waals surface area contributed by atoms with E-state index in [9.17, 15) is 4.79 Å². The molecule has 2 N–H and O–H groups in total. The number of likely N-dealkylation sites (N-methyl/N-ethyl adjacent to an activating group) is 1. The van der Waals surface area contributed by atoms with Crippen molar-refractivity contribution in [3.8, 4) is 0 Å². The molecular formula is C9H19NO2S. The molecule has 0 aromatic heterocycles. The van der Waals surface area contributed by atoms with Crippen LogP contribution < -0.4 is 5.32 Å². The molecule has 3 nitrogen and oxygen atoms in total. The van der Waals surface area contributed by atoms with E-state index >= 15 is 0 Å². The van der Waals surface area contributed by atoms with Crippen LogP contribution in [0.2, 0.25) is 0 Å². The molecule has 0 aliphatic heterocycles. The Hall–Kier alpha value is -0.220. The first-order valence-corrected chi connectivity index (χ1v) is 5.68. The first-order chi connectivity index (χ1) is 6.11. The molecule has 0 amide bonds. The highest BCUT2D eigenvalue weighted by molar-refractivity contribution is 7.99. The van der Waals surface area contributed by atoms with Crippen LogP contribution in [0.15, 0.2) is 0 Å². The van der Waals surface area contributed by atoms with Gasteiger partial charge in [-0.25, -0.2) is 0 Å². The lowest BCUT2D eigenvalue weighted by Crippen LogP contribution is -2.34. The second kappa shape index (κ2) is 7.21. The van der Waals surface area contributed by atoms with Crippen LogP contribution in [0.25, 0.3) is 0 Å². The van der Waals surface area contributed by atoms with Gasteiger partial charge in [-0.05, 0) is 25.6 Å². The molecule has 0 rings (SSSR count). The summed E-state index contributed by atoms with van der Waals surface area (Å²) >= 11 is 1.83. The summed E-state index contributed by atoms with van der Waals surface area (Å²) in [7, 11) is 1.69. The lowest BCUT2D eigenvalue weighted by Gasteiger charge is -2.12. The normalized spacial score (nSPS) is 15.3. The molecule has 0 aromatic carbocycles. The topological polar surface area (TPSA) is 49.3 Å². The molecule has 0 fully saturated rings. The third-order valence-electron chi connectivity index (χ3n) is 2.03. The highest BCUT2D eigenvalue weighted by atomic mass is 32.2. The minimum absolute atomic E-state index is 0.392. The van der Waals surface area contributed by atoms with Crippen molar-refractivity contribution in [3.05, 3.63) is 0 Å². The Morgan fingerprint density at radius 3 is 2.62 bits per heavy atom. The molecule has 0 saturated carbocycles. The van der Waals surface area contributed by atoms with Gasteiger partial charge in [-0.3, -0.25) is 4.79 Å². The average Bonchev–Trinajstić information content (AvgIpc) is 2.11. The zero-order valence-electron chi connectivity index (χ0n) is 8.54. The van der Waals surface area contributed by atoms with E-state index in [-0.39, 0.29) is 0 Å². The molecule has 0 saturated heterocycles. The van der Waals surface area contributed by atoms with Gasteiger partial charge in [-0.15, -0.1) is 0 Å². The molecule has 2 atom stereocenters. The molecule has 0 bridgehead atoms. The highest BCUT2D eigenvalue weighted by Crippen LogP contribution is 2.15. The minimum Gasteiger partial charge on any atom is -0.480 e. The van der Waals surface area contributed by atoms with Gasteiger partial charge < -0.3 is 10.4 Å².